The van der Waals surface area contributed by atoms with Crippen molar-refractivity contribution in [3.8, 4) is 22.6 Å². The number of nitrogens with zero attached hydrogens (tertiary/aromatic N) is 2. The maximum Gasteiger partial charge on any atom is 0.430 e. The summed E-state index contributed by atoms with van der Waals surface area (Å²) in [5, 5.41) is 11.5. The fourth-order valence-electron chi connectivity index (χ4n) is 8.55. The predicted octanol–water partition coefficient (Wildman–Crippen LogP) is 5.29. The molecule has 0 atom stereocenters. The molecule has 0 fully saturated rings. The summed E-state index contributed by atoms with van der Waals surface area (Å²) >= 11 is 0. The lowest BCUT2D eigenvalue weighted by Gasteiger charge is -2.39. The van der Waals surface area contributed by atoms with Crippen LogP contribution in [0.25, 0.3) is 16.7 Å². The number of alkyl halides is 3. The summed E-state index contributed by atoms with van der Waals surface area (Å²) in [6.45, 7) is 6.27. The number of benzene rings is 4. The molecular weight excluding hydrogens is 641 g/mol. The normalized spacial score (nSPS) is 16.9. The molecule has 50 heavy (non-hydrogen) atoms. The predicted molar refractivity (Wildman–Crippen MR) is 183 cm³/mol. The van der Waals surface area contributed by atoms with Crippen molar-refractivity contribution in [3.63, 3.8) is 0 Å². The second kappa shape index (κ2) is 12.4. The maximum atomic E-state index is 11.8. The van der Waals surface area contributed by atoms with Crippen LogP contribution >= 0.6 is 0 Å². The van der Waals surface area contributed by atoms with Gasteiger partial charge < -0.3 is 19.5 Å². The van der Waals surface area contributed by atoms with Crippen LogP contribution in [0, 0.1) is 0 Å². The van der Waals surface area contributed by atoms with Crippen LogP contribution < -0.4 is 29.9 Å². The van der Waals surface area contributed by atoms with Crippen LogP contribution in [0.4, 0.5) is 18.9 Å². The van der Waals surface area contributed by atoms with Gasteiger partial charge in [-0.25, -0.2) is 4.58 Å². The Morgan fingerprint density at radius 3 is 2.00 bits per heavy atom. The van der Waals surface area contributed by atoms with Gasteiger partial charge in [-0.15, -0.1) is 0 Å². The first-order chi connectivity index (χ1) is 24.1. The molecule has 6 nitrogen and oxygen atoms in total. The lowest BCUT2D eigenvalue weighted by molar-refractivity contribution is -0.344. The van der Waals surface area contributed by atoms with Crippen molar-refractivity contribution in [1.82, 2.24) is 4.58 Å². The highest BCUT2D eigenvalue weighted by molar-refractivity contribution is 5.94. The van der Waals surface area contributed by atoms with E-state index in [1.807, 2.05) is 12.1 Å². The van der Waals surface area contributed by atoms with E-state index in [9.17, 15) is 18.0 Å². The molecular formula is C41H37F3N2O4. The Morgan fingerprint density at radius 2 is 1.34 bits per heavy atom. The van der Waals surface area contributed by atoms with Crippen LogP contribution in [-0.4, -0.2) is 44.1 Å². The molecule has 0 bridgehead atoms. The number of carboxylic acids is 1. The van der Waals surface area contributed by atoms with Crippen LogP contribution in [0.15, 0.2) is 60.7 Å². The molecule has 0 saturated carbocycles. The van der Waals surface area contributed by atoms with E-state index in [-0.39, 0.29) is 5.78 Å². The largest absolute Gasteiger partial charge is 0.542 e. The van der Waals surface area contributed by atoms with Gasteiger partial charge in [0.1, 0.15) is 30.6 Å². The molecule has 5 aliphatic rings. The minimum Gasteiger partial charge on any atom is -0.542 e. The zero-order valence-corrected chi connectivity index (χ0v) is 27.9. The molecule has 5 aliphatic heterocycles. The van der Waals surface area contributed by atoms with Gasteiger partial charge in [0.25, 0.3) is 0 Å². The average Bonchev–Trinajstić information content (AvgIpc) is 3.11. The highest BCUT2D eigenvalue weighted by atomic mass is 19.4. The van der Waals surface area contributed by atoms with Crippen molar-refractivity contribution in [2.45, 2.75) is 64.5 Å². The summed E-state index contributed by atoms with van der Waals surface area (Å²) in [6, 6.07) is 22.0. The topological polar surface area (TPSA) is 72.7 Å². The van der Waals surface area contributed by atoms with E-state index >= 15 is 0 Å². The number of aryl methyl sites for hydroxylation is 2. The molecule has 0 N–H and O–H groups in total. The van der Waals surface area contributed by atoms with Gasteiger partial charge in [-0.3, -0.25) is 4.79 Å². The molecule has 0 unspecified atom stereocenters. The van der Waals surface area contributed by atoms with Gasteiger partial charge in [0, 0.05) is 64.7 Å². The number of ketones is 1. The Hall–Kier alpha value is -4.92. The summed E-state index contributed by atoms with van der Waals surface area (Å²) in [6.07, 6.45) is 4.11. The molecule has 9 rings (SSSR count). The number of anilines is 1. The van der Waals surface area contributed by atoms with Crippen molar-refractivity contribution in [3.05, 3.63) is 110 Å². The van der Waals surface area contributed by atoms with Crippen molar-refractivity contribution in [2.75, 3.05) is 31.1 Å². The monoisotopic (exact) mass is 678 g/mol. The molecule has 9 heteroatoms. The molecule has 0 spiro atoms. The zero-order valence-electron chi connectivity index (χ0n) is 27.9. The Balaban J connectivity index is 0.000000470. The minimum absolute atomic E-state index is 0.101. The Kier molecular flexibility index (Phi) is 8.04. The molecule has 4 aromatic carbocycles. The minimum atomic E-state index is -5.19. The van der Waals surface area contributed by atoms with Crippen LogP contribution in [0.2, 0.25) is 0 Å². The Morgan fingerprint density at radius 1 is 0.760 bits per heavy atom. The summed E-state index contributed by atoms with van der Waals surface area (Å²) < 4.78 is 41.4. The first-order valence-corrected chi connectivity index (χ1v) is 17.5. The third-order valence-corrected chi connectivity index (χ3v) is 10.7. The van der Waals surface area contributed by atoms with Gasteiger partial charge >= 0.3 is 6.18 Å². The number of carbonyl (C=O) groups is 2. The van der Waals surface area contributed by atoms with Gasteiger partial charge in [-0.05, 0) is 79.8 Å². The summed E-state index contributed by atoms with van der Waals surface area (Å²) in [4.78, 5) is 23.2. The number of halogens is 3. The van der Waals surface area contributed by atoms with Crippen molar-refractivity contribution in [2.24, 2.45) is 0 Å². The van der Waals surface area contributed by atoms with Gasteiger partial charge in [-0.2, -0.15) is 13.2 Å². The van der Waals surface area contributed by atoms with Crippen LogP contribution in [0.3, 0.4) is 0 Å². The van der Waals surface area contributed by atoms with E-state index in [1.54, 1.807) is 6.92 Å². The quantitative estimate of drug-likeness (QED) is 0.192. The number of fused-ring (bicyclic) bond motifs is 4. The average molecular weight is 679 g/mol. The number of Topliss-reactive ketones (excluding diaryl/α,β-unsaturated/α-hetero) is 1. The van der Waals surface area contributed by atoms with Crippen molar-refractivity contribution >= 4 is 23.0 Å². The van der Waals surface area contributed by atoms with Gasteiger partial charge in [0.05, 0.1) is 5.56 Å². The van der Waals surface area contributed by atoms with E-state index in [2.05, 4.69) is 58.0 Å². The molecule has 256 valence electrons. The zero-order chi connectivity index (χ0) is 34.7. The van der Waals surface area contributed by atoms with Crippen molar-refractivity contribution < 1.29 is 32.6 Å². The number of carboxylic acid groups (broad SMARTS) is 1. The molecule has 0 amide bonds. The number of rotatable bonds is 3. The lowest BCUT2D eigenvalue weighted by Crippen LogP contribution is -2.45. The van der Waals surface area contributed by atoms with E-state index in [4.69, 9.17) is 14.6 Å². The smallest absolute Gasteiger partial charge is 0.430 e. The lowest BCUT2D eigenvalue weighted by atomic mass is 9.82. The van der Waals surface area contributed by atoms with Crippen LogP contribution in [0.1, 0.15) is 76.3 Å². The first-order valence-electron chi connectivity index (χ1n) is 17.5. The highest BCUT2D eigenvalue weighted by Gasteiger charge is 2.35. The van der Waals surface area contributed by atoms with Crippen LogP contribution in [-0.2, 0) is 30.5 Å². The summed E-state index contributed by atoms with van der Waals surface area (Å²) in [7, 11) is 0. The molecule has 0 aliphatic carbocycles. The molecule has 0 saturated heterocycles. The fraction of sp³-hybridized carbons (Fsp3) is 0.341. The molecule has 0 radical (unpaired) electrons. The Bertz CT molecular complexity index is 2180. The van der Waals surface area contributed by atoms with E-state index in [0.717, 1.165) is 74.5 Å². The third kappa shape index (κ3) is 5.56. The molecule has 4 aromatic rings. The van der Waals surface area contributed by atoms with E-state index < -0.39 is 12.1 Å². The number of hydrogen-bond donors (Lipinski definition) is 0. The van der Waals surface area contributed by atoms with E-state index in [0.29, 0.717) is 0 Å². The standard InChI is InChI=1S/C39H37N2O2.C2HF3O2/c1-24(42)25-10-12-26(13-11-25)27-14-16-28(17-15-27)35-33-22-29-6-2-18-40-20-4-8-31(36(29)40)38(33)43-39-32-9-5-21-41-19-3-7-30(37(32)41)23-34(35)39;3-2(4,5)1(6)7/h10-17,22-23H,2-9,18-21H2,1H3;(H,6,7)/q+1;/p-1. The first kappa shape index (κ1) is 32.3. The number of aliphatic carboxylic acids is 1. The maximum absolute atomic E-state index is 11.8. The fourth-order valence-corrected chi connectivity index (χ4v) is 8.55. The molecule has 5 heterocycles. The van der Waals surface area contributed by atoms with Crippen LogP contribution in [0.5, 0.6) is 11.5 Å². The summed E-state index contributed by atoms with van der Waals surface area (Å²) in [5.41, 5.74) is 14.2. The van der Waals surface area contributed by atoms with Crippen molar-refractivity contribution in [1.29, 1.82) is 0 Å². The third-order valence-electron chi connectivity index (χ3n) is 10.7. The summed E-state index contributed by atoms with van der Waals surface area (Å²) in [5.74, 6) is -0.682. The van der Waals surface area contributed by atoms with Gasteiger partial charge in [0.2, 0.25) is 5.36 Å². The number of ether oxygens (including phenoxy) is 1. The number of hydrogen-bond acceptors (Lipinski definition) is 5. The second-order valence-electron chi connectivity index (χ2n) is 13.8. The second-order valence-corrected chi connectivity index (χ2v) is 13.8. The van der Waals surface area contributed by atoms with Gasteiger partial charge in [-0.1, -0.05) is 48.5 Å². The number of carbonyl (C=O) groups excluding carboxylic acids is 2. The highest BCUT2D eigenvalue weighted by Crippen LogP contribution is 2.48. The van der Waals surface area contributed by atoms with E-state index in [1.165, 1.54) is 86.5 Å². The van der Waals surface area contributed by atoms with Gasteiger partial charge in [0.15, 0.2) is 5.78 Å². The SMILES string of the molecule is CC(=O)c1ccc(-c2ccc(C3=c4cc5c6c(c4Oc4c3cc3c7c4CCCN7CCC3)CCC[N+]=6CCC5)cc2)cc1.O=C([O-])C(F)(F)F. The molecule has 0 aromatic heterocycles. The Labute approximate surface area is 288 Å².